The molecule has 0 radical (unpaired) electrons. The van der Waals surface area contributed by atoms with Crippen LogP contribution >= 0.6 is 0 Å². The Balaban J connectivity index is 1.59. The van der Waals surface area contributed by atoms with E-state index in [-0.39, 0.29) is 12.5 Å². The molecule has 0 bridgehead atoms. The van der Waals surface area contributed by atoms with Gasteiger partial charge in [-0.05, 0) is 53.9 Å². The van der Waals surface area contributed by atoms with E-state index >= 15 is 0 Å². The van der Waals surface area contributed by atoms with E-state index in [0.29, 0.717) is 5.56 Å². The Morgan fingerprint density at radius 3 is 2.46 bits per heavy atom. The molecule has 3 rings (SSSR count). The van der Waals surface area contributed by atoms with Crippen molar-refractivity contribution in [1.29, 1.82) is 5.26 Å². The number of benzene rings is 3. The van der Waals surface area contributed by atoms with Crippen LogP contribution in [0.3, 0.4) is 0 Å². The molecule has 0 saturated heterocycles. The van der Waals surface area contributed by atoms with E-state index in [1.54, 1.807) is 18.2 Å². The van der Waals surface area contributed by atoms with Gasteiger partial charge in [0.1, 0.15) is 0 Å². The maximum absolute atomic E-state index is 12.1. The molecule has 2 N–H and O–H groups in total. The largest absolute Gasteiger partial charge is 0.376 e. The van der Waals surface area contributed by atoms with Crippen molar-refractivity contribution in [3.8, 4) is 17.2 Å². The fourth-order valence-corrected chi connectivity index (χ4v) is 2.72. The lowest BCUT2D eigenvalue weighted by atomic mass is 10.0. The van der Waals surface area contributed by atoms with Crippen molar-refractivity contribution in [1.82, 2.24) is 0 Å². The van der Waals surface area contributed by atoms with Gasteiger partial charge >= 0.3 is 0 Å². The first-order valence-electron chi connectivity index (χ1n) is 8.35. The monoisotopic (exact) mass is 341 g/mol. The fraction of sp³-hybridized carbons (Fsp3) is 0.0909. The standard InChI is InChI=1S/C22H19N3O/c1-16-5-2-3-8-21(16)18-9-11-19(12-10-18)25-22(26)15-24-20-7-4-6-17(13-20)14-23/h2-13,24H,15H2,1H3,(H,25,26). The van der Waals surface area contributed by atoms with Gasteiger partial charge in [0.15, 0.2) is 0 Å². The molecule has 0 aliphatic heterocycles. The molecule has 0 atom stereocenters. The van der Waals surface area contributed by atoms with Crippen LogP contribution in [0.25, 0.3) is 11.1 Å². The van der Waals surface area contributed by atoms with E-state index < -0.39 is 0 Å². The maximum atomic E-state index is 12.1. The van der Waals surface area contributed by atoms with Crippen LogP contribution in [0.15, 0.2) is 72.8 Å². The second-order valence-electron chi connectivity index (χ2n) is 5.99. The van der Waals surface area contributed by atoms with Crippen molar-refractivity contribution in [2.24, 2.45) is 0 Å². The van der Waals surface area contributed by atoms with Gasteiger partial charge in [0, 0.05) is 11.4 Å². The number of rotatable bonds is 5. The van der Waals surface area contributed by atoms with Crippen LogP contribution in [-0.2, 0) is 4.79 Å². The zero-order valence-corrected chi connectivity index (χ0v) is 14.5. The molecule has 0 saturated carbocycles. The van der Waals surface area contributed by atoms with Crippen LogP contribution < -0.4 is 10.6 Å². The Bertz CT molecular complexity index is 956. The predicted octanol–water partition coefficient (Wildman–Crippen LogP) is 4.58. The van der Waals surface area contributed by atoms with E-state index in [1.807, 2.05) is 42.5 Å². The lowest BCUT2D eigenvalue weighted by Crippen LogP contribution is -2.21. The summed E-state index contributed by atoms with van der Waals surface area (Å²) in [7, 11) is 0. The highest BCUT2D eigenvalue weighted by atomic mass is 16.1. The van der Waals surface area contributed by atoms with E-state index in [4.69, 9.17) is 5.26 Å². The highest BCUT2D eigenvalue weighted by molar-refractivity contribution is 5.94. The first-order valence-corrected chi connectivity index (χ1v) is 8.35. The molecule has 0 unspecified atom stereocenters. The predicted molar refractivity (Wildman–Crippen MR) is 105 cm³/mol. The van der Waals surface area contributed by atoms with Crippen LogP contribution in [-0.4, -0.2) is 12.5 Å². The first-order chi connectivity index (χ1) is 12.7. The summed E-state index contributed by atoms with van der Waals surface area (Å²) in [4.78, 5) is 12.1. The summed E-state index contributed by atoms with van der Waals surface area (Å²) in [5.74, 6) is -0.143. The number of aryl methyl sites for hydroxylation is 1. The Kier molecular flexibility index (Phi) is 5.31. The molecule has 0 aromatic heterocycles. The molecule has 0 aliphatic carbocycles. The summed E-state index contributed by atoms with van der Waals surface area (Å²) in [6, 6.07) is 25.1. The molecule has 1 amide bonds. The number of carbonyl (C=O) groups is 1. The van der Waals surface area contributed by atoms with Gasteiger partial charge in [0.05, 0.1) is 18.2 Å². The van der Waals surface area contributed by atoms with E-state index in [9.17, 15) is 4.79 Å². The second kappa shape index (κ2) is 8.00. The summed E-state index contributed by atoms with van der Waals surface area (Å²) in [6.07, 6.45) is 0. The molecular formula is C22H19N3O. The Hall–Kier alpha value is -3.58. The lowest BCUT2D eigenvalue weighted by molar-refractivity contribution is -0.114. The molecule has 0 aliphatic rings. The molecule has 3 aromatic rings. The summed E-state index contributed by atoms with van der Waals surface area (Å²) >= 11 is 0. The Morgan fingerprint density at radius 2 is 1.73 bits per heavy atom. The third-order valence-electron chi connectivity index (χ3n) is 4.07. The molecule has 0 heterocycles. The van der Waals surface area contributed by atoms with Crippen LogP contribution in [0.1, 0.15) is 11.1 Å². The second-order valence-corrected chi connectivity index (χ2v) is 5.99. The van der Waals surface area contributed by atoms with Crippen molar-refractivity contribution < 1.29 is 4.79 Å². The lowest BCUT2D eigenvalue weighted by Gasteiger charge is -2.10. The van der Waals surface area contributed by atoms with Crippen molar-refractivity contribution in [3.63, 3.8) is 0 Å². The van der Waals surface area contributed by atoms with Gasteiger partial charge in [-0.1, -0.05) is 42.5 Å². The number of nitrogens with one attached hydrogen (secondary N) is 2. The van der Waals surface area contributed by atoms with Gasteiger partial charge < -0.3 is 10.6 Å². The highest BCUT2D eigenvalue weighted by Gasteiger charge is 2.05. The number of nitriles is 1. The molecule has 4 nitrogen and oxygen atoms in total. The number of carbonyl (C=O) groups excluding carboxylic acids is 1. The van der Waals surface area contributed by atoms with Crippen LogP contribution in [0.2, 0.25) is 0 Å². The van der Waals surface area contributed by atoms with Gasteiger partial charge in [-0.2, -0.15) is 5.26 Å². The molecule has 3 aromatic carbocycles. The number of anilines is 2. The maximum Gasteiger partial charge on any atom is 0.243 e. The van der Waals surface area contributed by atoms with Crippen molar-refractivity contribution in [3.05, 3.63) is 83.9 Å². The van der Waals surface area contributed by atoms with Gasteiger partial charge in [0.25, 0.3) is 0 Å². The van der Waals surface area contributed by atoms with Gasteiger partial charge in [0.2, 0.25) is 5.91 Å². The Labute approximate surface area is 153 Å². The molecular weight excluding hydrogens is 322 g/mol. The van der Waals surface area contributed by atoms with Crippen LogP contribution in [0.5, 0.6) is 0 Å². The topological polar surface area (TPSA) is 64.9 Å². The smallest absolute Gasteiger partial charge is 0.243 e. The van der Waals surface area contributed by atoms with Crippen LogP contribution in [0, 0.1) is 18.3 Å². The molecule has 26 heavy (non-hydrogen) atoms. The zero-order valence-electron chi connectivity index (χ0n) is 14.5. The quantitative estimate of drug-likeness (QED) is 0.713. The van der Waals surface area contributed by atoms with E-state index in [0.717, 1.165) is 16.9 Å². The van der Waals surface area contributed by atoms with E-state index in [1.165, 1.54) is 11.1 Å². The summed E-state index contributed by atoms with van der Waals surface area (Å²) < 4.78 is 0. The number of nitrogens with zero attached hydrogens (tertiary/aromatic N) is 1. The Morgan fingerprint density at radius 1 is 0.962 bits per heavy atom. The highest BCUT2D eigenvalue weighted by Crippen LogP contribution is 2.24. The molecule has 0 fully saturated rings. The summed E-state index contributed by atoms with van der Waals surface area (Å²) in [6.45, 7) is 2.21. The molecule has 128 valence electrons. The fourth-order valence-electron chi connectivity index (χ4n) is 2.72. The minimum absolute atomic E-state index is 0.133. The first kappa shape index (κ1) is 17.2. The summed E-state index contributed by atoms with van der Waals surface area (Å²) in [5.41, 5.74) is 5.57. The number of amides is 1. The van der Waals surface area contributed by atoms with Crippen molar-refractivity contribution in [2.45, 2.75) is 6.92 Å². The third-order valence-corrected chi connectivity index (χ3v) is 4.07. The minimum Gasteiger partial charge on any atom is -0.376 e. The number of hydrogen-bond acceptors (Lipinski definition) is 3. The number of hydrogen-bond donors (Lipinski definition) is 2. The van der Waals surface area contributed by atoms with Crippen molar-refractivity contribution >= 4 is 17.3 Å². The molecule has 0 spiro atoms. The zero-order chi connectivity index (χ0) is 18.4. The SMILES string of the molecule is Cc1ccccc1-c1ccc(NC(=O)CNc2cccc(C#N)c2)cc1. The average Bonchev–Trinajstić information content (AvgIpc) is 2.68. The van der Waals surface area contributed by atoms with E-state index in [2.05, 4.69) is 35.8 Å². The minimum atomic E-state index is -0.143. The van der Waals surface area contributed by atoms with Gasteiger partial charge in [-0.3, -0.25) is 4.79 Å². The molecule has 4 heteroatoms. The average molecular weight is 341 g/mol. The van der Waals surface area contributed by atoms with Gasteiger partial charge in [-0.25, -0.2) is 0 Å². The summed E-state index contributed by atoms with van der Waals surface area (Å²) in [5, 5.41) is 14.8. The normalized spacial score (nSPS) is 10.0. The van der Waals surface area contributed by atoms with Gasteiger partial charge in [-0.15, -0.1) is 0 Å². The van der Waals surface area contributed by atoms with Crippen LogP contribution in [0.4, 0.5) is 11.4 Å². The van der Waals surface area contributed by atoms with Crippen molar-refractivity contribution in [2.75, 3.05) is 17.2 Å². The third kappa shape index (κ3) is 4.28.